The Labute approximate surface area is 148 Å². The summed E-state index contributed by atoms with van der Waals surface area (Å²) in [6, 6.07) is 8.09. The summed E-state index contributed by atoms with van der Waals surface area (Å²) in [6.45, 7) is 7.80. The van der Waals surface area contributed by atoms with Crippen molar-refractivity contribution in [2.75, 3.05) is 0 Å². The molecule has 4 N–H and O–H groups in total. The summed E-state index contributed by atoms with van der Waals surface area (Å²) in [4.78, 5) is 24.5. The molecule has 2 rings (SSSR count). The van der Waals surface area contributed by atoms with Gasteiger partial charge >= 0.3 is 0 Å². The molecule has 0 aliphatic rings. The Morgan fingerprint density at radius 2 is 1.76 bits per heavy atom. The number of rotatable bonds is 8. The zero-order chi connectivity index (χ0) is 18.7. The number of aliphatic hydroxyl groups excluding tert-OH is 1. The van der Waals surface area contributed by atoms with Gasteiger partial charge in [0.2, 0.25) is 5.91 Å². The molecule has 0 aromatic heterocycles. The Bertz CT molecular complexity index is 715. The quantitative estimate of drug-likeness (QED) is 0.684. The van der Waals surface area contributed by atoms with Gasteiger partial charge in [-0.25, -0.2) is 0 Å². The number of hydrogen-bond donors (Lipinski definition) is 3. The monoisotopic (exact) mass is 344 g/mol. The topological polar surface area (TPSA) is 92.4 Å². The van der Waals surface area contributed by atoms with Crippen molar-refractivity contribution >= 4 is 5.91 Å². The maximum Gasteiger partial charge on any atom is 0.237 e. The highest BCUT2D eigenvalue weighted by Crippen LogP contribution is 2.33. The minimum absolute atomic E-state index is 0.0388. The van der Waals surface area contributed by atoms with Crippen LogP contribution in [0.1, 0.15) is 45.8 Å². The first-order valence-electron chi connectivity index (χ1n) is 8.82. The molecule has 5 heteroatoms. The lowest BCUT2D eigenvalue weighted by Crippen LogP contribution is -2.49. The predicted molar refractivity (Wildman–Crippen MR) is 99.7 cm³/mol. The Hall–Kier alpha value is -1.98. The zero-order valence-electron chi connectivity index (χ0n) is 15.3. The molecule has 0 unspecified atom stereocenters. The summed E-state index contributed by atoms with van der Waals surface area (Å²) in [7, 11) is 0. The number of nitrogens with two attached hydrogens (primary N) is 1. The van der Waals surface area contributed by atoms with Crippen LogP contribution in [0.15, 0.2) is 35.1 Å². The van der Waals surface area contributed by atoms with Gasteiger partial charge < -0.3 is 16.2 Å². The minimum Gasteiger partial charge on any atom is -0.386 e. The van der Waals surface area contributed by atoms with E-state index in [0.29, 0.717) is 23.5 Å². The van der Waals surface area contributed by atoms with Crippen molar-refractivity contribution < 1.29 is 9.90 Å². The van der Waals surface area contributed by atoms with Crippen LogP contribution in [-0.2, 0) is 4.79 Å². The SMILES string of the molecule is CC(C)C[C@H](N)C(=O)N[C@@H](C(C)C)[C@@H](O)c1c(-c2ccccc2)c1=O. The Balaban J connectivity index is 2.13. The Kier molecular flexibility index (Phi) is 6.14. The van der Waals surface area contributed by atoms with E-state index in [0.717, 1.165) is 5.56 Å². The second kappa shape index (κ2) is 7.93. The van der Waals surface area contributed by atoms with E-state index in [1.54, 1.807) is 0 Å². The summed E-state index contributed by atoms with van der Waals surface area (Å²) in [5.74, 6) is -0.0230. The van der Waals surface area contributed by atoms with Crippen molar-refractivity contribution in [1.29, 1.82) is 0 Å². The molecule has 2 aromatic carbocycles. The molecule has 1 amide bonds. The van der Waals surface area contributed by atoms with Gasteiger partial charge in [-0.2, -0.15) is 0 Å². The molecule has 2 aromatic rings. The van der Waals surface area contributed by atoms with Crippen LogP contribution in [0.25, 0.3) is 11.1 Å². The van der Waals surface area contributed by atoms with E-state index in [-0.39, 0.29) is 17.3 Å². The van der Waals surface area contributed by atoms with Gasteiger partial charge in [0.1, 0.15) is 6.10 Å². The number of hydrogen-bond acceptors (Lipinski definition) is 4. The number of carbonyl (C=O) groups excluding carboxylic acids is 1. The minimum atomic E-state index is -1.03. The number of carbonyl (C=O) groups is 1. The van der Waals surface area contributed by atoms with E-state index in [1.807, 2.05) is 58.0 Å². The lowest BCUT2D eigenvalue weighted by Gasteiger charge is -2.27. The Morgan fingerprint density at radius 3 is 2.28 bits per heavy atom. The molecule has 0 saturated carbocycles. The summed E-state index contributed by atoms with van der Waals surface area (Å²) >= 11 is 0. The van der Waals surface area contributed by atoms with E-state index in [1.165, 1.54) is 0 Å². The summed E-state index contributed by atoms with van der Waals surface area (Å²) in [5, 5.41) is 13.5. The van der Waals surface area contributed by atoms with Crippen LogP contribution < -0.4 is 16.5 Å². The average Bonchev–Trinajstić information content (AvgIpc) is 3.22. The van der Waals surface area contributed by atoms with Gasteiger partial charge in [-0.15, -0.1) is 0 Å². The summed E-state index contributed by atoms with van der Waals surface area (Å²) < 4.78 is 0. The fourth-order valence-electron chi connectivity index (χ4n) is 3.03. The van der Waals surface area contributed by atoms with Crippen LogP contribution in [-0.4, -0.2) is 23.1 Å². The third kappa shape index (κ3) is 4.55. The first kappa shape index (κ1) is 19.3. The van der Waals surface area contributed by atoms with Gasteiger partial charge in [0, 0.05) is 11.1 Å². The van der Waals surface area contributed by atoms with Crippen LogP contribution in [0.3, 0.4) is 0 Å². The number of benzene rings is 1. The van der Waals surface area contributed by atoms with Gasteiger partial charge in [0.25, 0.3) is 0 Å². The molecule has 0 bridgehead atoms. The molecule has 0 radical (unpaired) electrons. The molecular formula is C20H28N2O3. The highest BCUT2D eigenvalue weighted by Gasteiger charge is 2.37. The number of aliphatic hydroxyl groups is 1. The molecule has 0 aliphatic carbocycles. The van der Waals surface area contributed by atoms with Crippen LogP contribution >= 0.6 is 0 Å². The molecule has 25 heavy (non-hydrogen) atoms. The highest BCUT2D eigenvalue weighted by atomic mass is 16.3. The van der Waals surface area contributed by atoms with Crippen molar-refractivity contribution in [2.24, 2.45) is 17.6 Å². The molecule has 3 atom stereocenters. The number of amides is 1. The molecule has 0 saturated heterocycles. The Morgan fingerprint density at radius 1 is 1.16 bits per heavy atom. The molecular weight excluding hydrogens is 316 g/mol. The first-order chi connectivity index (χ1) is 11.7. The fraction of sp³-hybridized carbons (Fsp3) is 0.500. The lowest BCUT2D eigenvalue weighted by atomic mass is 9.95. The third-order valence-corrected chi connectivity index (χ3v) is 4.47. The van der Waals surface area contributed by atoms with E-state index >= 15 is 0 Å². The van der Waals surface area contributed by atoms with Crippen LogP contribution in [0.4, 0.5) is 0 Å². The standard InChI is InChI=1S/C20H28N2O3/c1-11(2)10-14(21)20(25)22-17(12(3)4)19(24)16-15(18(16)23)13-8-6-5-7-9-13/h5-9,11-12,14,17,19,24H,10,21H2,1-4H3,(H,22,25)/t14-,17-,19-/m0/s1. The molecule has 0 aliphatic heterocycles. The normalized spacial score (nSPS) is 15.5. The van der Waals surface area contributed by atoms with Crippen molar-refractivity contribution in [3.8, 4) is 11.1 Å². The average molecular weight is 344 g/mol. The van der Waals surface area contributed by atoms with E-state index in [9.17, 15) is 14.7 Å². The zero-order valence-corrected chi connectivity index (χ0v) is 15.3. The van der Waals surface area contributed by atoms with Crippen molar-refractivity contribution in [2.45, 2.75) is 52.3 Å². The van der Waals surface area contributed by atoms with Crippen molar-refractivity contribution in [3.63, 3.8) is 0 Å². The maximum atomic E-state index is 12.3. The van der Waals surface area contributed by atoms with Gasteiger partial charge in [-0.3, -0.25) is 9.59 Å². The van der Waals surface area contributed by atoms with Gasteiger partial charge in [-0.1, -0.05) is 58.0 Å². The van der Waals surface area contributed by atoms with Crippen LogP contribution in [0, 0.1) is 11.8 Å². The predicted octanol–water partition coefficient (Wildman–Crippen LogP) is 2.14. The fourth-order valence-corrected chi connectivity index (χ4v) is 3.03. The second-order valence-electron chi connectivity index (χ2n) is 7.44. The van der Waals surface area contributed by atoms with E-state index in [2.05, 4.69) is 5.32 Å². The first-order valence-corrected chi connectivity index (χ1v) is 8.82. The smallest absolute Gasteiger partial charge is 0.237 e. The molecule has 0 fully saturated rings. The summed E-state index contributed by atoms with van der Waals surface area (Å²) in [6.07, 6.45) is -0.457. The van der Waals surface area contributed by atoms with Crippen LogP contribution in [0.5, 0.6) is 0 Å². The van der Waals surface area contributed by atoms with Crippen LogP contribution in [0.2, 0.25) is 0 Å². The lowest BCUT2D eigenvalue weighted by molar-refractivity contribution is -0.124. The highest BCUT2D eigenvalue weighted by molar-refractivity contribution is 5.82. The van der Waals surface area contributed by atoms with Gasteiger partial charge in [0.05, 0.1) is 12.1 Å². The van der Waals surface area contributed by atoms with Gasteiger partial charge in [0.15, 0.2) is 5.43 Å². The molecule has 136 valence electrons. The third-order valence-electron chi connectivity index (χ3n) is 4.47. The molecule has 0 heterocycles. The van der Waals surface area contributed by atoms with E-state index in [4.69, 9.17) is 5.73 Å². The number of nitrogens with one attached hydrogen (secondary N) is 1. The van der Waals surface area contributed by atoms with Crippen molar-refractivity contribution in [3.05, 3.63) is 46.1 Å². The van der Waals surface area contributed by atoms with E-state index < -0.39 is 18.2 Å². The summed E-state index contributed by atoms with van der Waals surface area (Å²) in [5.41, 5.74) is 7.54. The van der Waals surface area contributed by atoms with Crippen molar-refractivity contribution in [1.82, 2.24) is 5.32 Å². The molecule has 0 spiro atoms. The molecule has 5 nitrogen and oxygen atoms in total. The second-order valence-corrected chi connectivity index (χ2v) is 7.44. The largest absolute Gasteiger partial charge is 0.386 e. The maximum absolute atomic E-state index is 12.3. The van der Waals surface area contributed by atoms with Gasteiger partial charge in [-0.05, 0) is 23.8 Å².